The van der Waals surface area contributed by atoms with Gasteiger partial charge in [-0.1, -0.05) is 0 Å². The molecule has 23 heavy (non-hydrogen) atoms. The first-order valence-corrected chi connectivity index (χ1v) is 7.75. The Balaban J connectivity index is 1.40. The number of nitrogens with zero attached hydrogens (tertiary/aromatic N) is 3. The highest BCUT2D eigenvalue weighted by Gasteiger charge is 2.38. The normalized spacial score (nSPS) is 22.6. The number of ether oxygens (including phenoxy) is 1. The van der Waals surface area contributed by atoms with Crippen molar-refractivity contribution in [3.8, 4) is 5.75 Å². The quantitative estimate of drug-likeness (QED) is 0.878. The van der Waals surface area contributed by atoms with Crippen molar-refractivity contribution in [3.63, 3.8) is 0 Å². The Kier molecular flexibility index (Phi) is 3.49. The lowest BCUT2D eigenvalue weighted by Gasteiger charge is -2.33. The number of nitrogens with one attached hydrogen (secondary N) is 1. The Hall–Kier alpha value is -2.41. The maximum atomic E-state index is 12.4. The van der Waals surface area contributed by atoms with E-state index in [9.17, 15) is 9.90 Å². The van der Waals surface area contributed by atoms with Gasteiger partial charge < -0.3 is 14.7 Å². The summed E-state index contributed by atoms with van der Waals surface area (Å²) in [7, 11) is 0. The summed E-state index contributed by atoms with van der Waals surface area (Å²) in [4.78, 5) is 18.2. The highest BCUT2D eigenvalue weighted by Crippen LogP contribution is 2.33. The molecule has 0 aromatic carbocycles. The Bertz CT molecular complexity index is 709. The third-order valence-electron chi connectivity index (χ3n) is 4.52. The number of aromatic nitrogens is 3. The third-order valence-corrected chi connectivity index (χ3v) is 4.52. The summed E-state index contributed by atoms with van der Waals surface area (Å²) in [6.45, 7) is 1.46. The van der Waals surface area contributed by atoms with E-state index in [1.54, 1.807) is 12.4 Å². The molecular formula is C16H18N4O3. The largest absolute Gasteiger partial charge is 0.486 e. The van der Waals surface area contributed by atoms with Crippen LogP contribution in [0.5, 0.6) is 5.75 Å². The molecule has 1 aliphatic heterocycles. The van der Waals surface area contributed by atoms with E-state index >= 15 is 0 Å². The lowest BCUT2D eigenvalue weighted by atomic mass is 9.81. The average Bonchev–Trinajstić information content (AvgIpc) is 3.11. The number of H-pyrrole nitrogens is 1. The molecule has 120 valence electrons. The number of rotatable bonds is 4. The Morgan fingerprint density at radius 3 is 3.04 bits per heavy atom. The second kappa shape index (κ2) is 5.66. The first-order valence-electron chi connectivity index (χ1n) is 7.75. The van der Waals surface area contributed by atoms with Crippen molar-refractivity contribution >= 4 is 5.91 Å². The van der Waals surface area contributed by atoms with Gasteiger partial charge in [-0.25, -0.2) is 0 Å². The third kappa shape index (κ3) is 2.68. The number of aliphatic hydroxyl groups excluding tert-OH is 1. The van der Waals surface area contributed by atoms with Gasteiger partial charge in [0, 0.05) is 24.2 Å². The summed E-state index contributed by atoms with van der Waals surface area (Å²) in [5.74, 6) is 0.787. The molecule has 0 atom stereocenters. The lowest BCUT2D eigenvalue weighted by Crippen LogP contribution is -2.41. The van der Waals surface area contributed by atoms with Crippen LogP contribution < -0.4 is 4.74 Å². The van der Waals surface area contributed by atoms with Gasteiger partial charge in [0.2, 0.25) is 5.91 Å². The maximum absolute atomic E-state index is 12.4. The molecule has 1 aliphatic carbocycles. The number of pyridine rings is 1. The minimum atomic E-state index is -0.311. The zero-order valence-electron chi connectivity index (χ0n) is 12.6. The zero-order chi connectivity index (χ0) is 15.8. The molecule has 0 spiro atoms. The molecule has 3 heterocycles. The molecule has 1 amide bonds. The number of aromatic amines is 1. The van der Waals surface area contributed by atoms with Crippen LogP contribution in [0.1, 0.15) is 29.8 Å². The molecule has 0 unspecified atom stereocenters. The summed E-state index contributed by atoms with van der Waals surface area (Å²) in [6.07, 6.45) is 4.20. The topological polar surface area (TPSA) is 91.3 Å². The predicted octanol–water partition coefficient (Wildman–Crippen LogP) is 0.997. The van der Waals surface area contributed by atoms with Crippen molar-refractivity contribution in [3.05, 3.63) is 41.5 Å². The fourth-order valence-corrected chi connectivity index (χ4v) is 3.11. The van der Waals surface area contributed by atoms with Gasteiger partial charge in [-0.2, -0.15) is 5.10 Å². The molecule has 7 heteroatoms. The summed E-state index contributed by atoms with van der Waals surface area (Å²) in [5.41, 5.74) is 2.85. The van der Waals surface area contributed by atoms with Gasteiger partial charge in [0.05, 0.1) is 24.5 Å². The standard InChI is InChI=1S/C16H18N4O3/c21-11-4-10(5-11)16(22)20-7-13-14(8-20)18-19-15(13)9-23-12-2-1-3-17-6-12/h1-3,6,10-11,21H,4-5,7-9H2,(H,18,19). The fourth-order valence-electron chi connectivity index (χ4n) is 3.11. The maximum Gasteiger partial charge on any atom is 0.226 e. The van der Waals surface area contributed by atoms with Crippen molar-refractivity contribution < 1.29 is 14.6 Å². The number of carbonyl (C=O) groups excluding carboxylic acids is 1. The van der Waals surface area contributed by atoms with E-state index in [2.05, 4.69) is 15.2 Å². The molecule has 0 bridgehead atoms. The summed E-state index contributed by atoms with van der Waals surface area (Å²) in [6, 6.07) is 3.66. The molecule has 1 saturated carbocycles. The van der Waals surface area contributed by atoms with E-state index in [0.717, 1.165) is 17.0 Å². The molecule has 7 nitrogen and oxygen atoms in total. The van der Waals surface area contributed by atoms with Gasteiger partial charge in [0.25, 0.3) is 0 Å². The average molecular weight is 314 g/mol. The van der Waals surface area contributed by atoms with Crippen LogP contribution in [0.3, 0.4) is 0 Å². The van der Waals surface area contributed by atoms with Crippen molar-refractivity contribution in [2.24, 2.45) is 5.92 Å². The Morgan fingerprint density at radius 1 is 1.43 bits per heavy atom. The van der Waals surface area contributed by atoms with Crippen molar-refractivity contribution in [1.82, 2.24) is 20.1 Å². The van der Waals surface area contributed by atoms with Gasteiger partial charge in [0.15, 0.2) is 0 Å². The smallest absolute Gasteiger partial charge is 0.226 e. The van der Waals surface area contributed by atoms with Crippen molar-refractivity contribution in [2.75, 3.05) is 0 Å². The molecular weight excluding hydrogens is 296 g/mol. The molecule has 2 aromatic rings. The number of carbonyl (C=O) groups is 1. The molecule has 2 aromatic heterocycles. The van der Waals surface area contributed by atoms with Crippen LogP contribution in [-0.2, 0) is 24.5 Å². The molecule has 2 N–H and O–H groups in total. The number of aliphatic hydroxyl groups is 1. The van der Waals surface area contributed by atoms with E-state index in [1.165, 1.54) is 0 Å². The molecule has 4 rings (SSSR count). The number of hydrogen-bond acceptors (Lipinski definition) is 5. The van der Waals surface area contributed by atoms with Gasteiger partial charge in [-0.05, 0) is 25.0 Å². The van der Waals surface area contributed by atoms with E-state index < -0.39 is 0 Å². The number of amides is 1. The van der Waals surface area contributed by atoms with E-state index in [4.69, 9.17) is 4.74 Å². The minimum absolute atomic E-state index is 0.0305. The molecule has 2 aliphatic rings. The predicted molar refractivity (Wildman–Crippen MR) is 80.1 cm³/mol. The fraction of sp³-hybridized carbons (Fsp3) is 0.438. The second-order valence-electron chi connectivity index (χ2n) is 6.12. The van der Waals surface area contributed by atoms with Crippen LogP contribution in [0.15, 0.2) is 24.5 Å². The van der Waals surface area contributed by atoms with Gasteiger partial charge in [-0.15, -0.1) is 0 Å². The zero-order valence-corrected chi connectivity index (χ0v) is 12.6. The first kappa shape index (κ1) is 14.2. The molecule has 0 saturated heterocycles. The van der Waals surface area contributed by atoms with E-state index in [0.29, 0.717) is 38.3 Å². The monoisotopic (exact) mass is 314 g/mol. The van der Waals surface area contributed by atoms with E-state index in [1.807, 2.05) is 17.0 Å². The summed E-state index contributed by atoms with van der Waals surface area (Å²) in [5, 5.41) is 16.6. The van der Waals surface area contributed by atoms with Crippen LogP contribution in [0.2, 0.25) is 0 Å². The Morgan fingerprint density at radius 2 is 2.30 bits per heavy atom. The number of fused-ring (bicyclic) bond motifs is 1. The van der Waals surface area contributed by atoms with Crippen LogP contribution in [0, 0.1) is 5.92 Å². The molecule has 1 fully saturated rings. The first-order chi connectivity index (χ1) is 11.2. The van der Waals surface area contributed by atoms with Gasteiger partial charge in [-0.3, -0.25) is 14.9 Å². The number of hydrogen-bond donors (Lipinski definition) is 2. The van der Waals surface area contributed by atoms with Crippen LogP contribution in [0.25, 0.3) is 0 Å². The minimum Gasteiger partial charge on any atom is -0.486 e. The summed E-state index contributed by atoms with van der Waals surface area (Å²) >= 11 is 0. The van der Waals surface area contributed by atoms with Gasteiger partial charge >= 0.3 is 0 Å². The van der Waals surface area contributed by atoms with Crippen molar-refractivity contribution in [1.29, 1.82) is 0 Å². The molecule has 0 radical (unpaired) electrons. The Labute approximate surface area is 133 Å². The highest BCUT2D eigenvalue weighted by molar-refractivity contribution is 5.80. The highest BCUT2D eigenvalue weighted by atomic mass is 16.5. The van der Waals surface area contributed by atoms with Crippen LogP contribution in [-0.4, -0.2) is 37.2 Å². The lowest BCUT2D eigenvalue weighted by molar-refractivity contribution is -0.143. The van der Waals surface area contributed by atoms with Crippen LogP contribution >= 0.6 is 0 Å². The SMILES string of the molecule is O=C(C1CC(O)C1)N1Cc2[nH]nc(COc3cccnc3)c2C1. The second-order valence-corrected chi connectivity index (χ2v) is 6.12. The van der Waals surface area contributed by atoms with Crippen LogP contribution in [0.4, 0.5) is 0 Å². The summed E-state index contributed by atoms with van der Waals surface area (Å²) < 4.78 is 5.68. The van der Waals surface area contributed by atoms with E-state index in [-0.39, 0.29) is 17.9 Å². The van der Waals surface area contributed by atoms with Crippen molar-refractivity contribution in [2.45, 2.75) is 38.6 Å². The van der Waals surface area contributed by atoms with Gasteiger partial charge in [0.1, 0.15) is 18.1 Å².